The summed E-state index contributed by atoms with van der Waals surface area (Å²) >= 11 is 6.10. The number of halogens is 1. The monoisotopic (exact) mass is 627 g/mol. The average Bonchev–Trinajstić information content (AvgIpc) is 3.48. The van der Waals surface area contributed by atoms with Crippen LogP contribution in [0.1, 0.15) is 40.2 Å². The summed E-state index contributed by atoms with van der Waals surface area (Å²) < 4.78 is 32.1. The highest BCUT2D eigenvalue weighted by molar-refractivity contribution is 6.30. The first kappa shape index (κ1) is 30.7. The van der Waals surface area contributed by atoms with Gasteiger partial charge in [0.2, 0.25) is 0 Å². The van der Waals surface area contributed by atoms with Gasteiger partial charge < -0.3 is 23.7 Å². The number of hydrogen-bond acceptors (Lipinski definition) is 9. The molecule has 0 unspecified atom stereocenters. The van der Waals surface area contributed by atoms with E-state index in [4.69, 9.17) is 45.3 Å². The van der Waals surface area contributed by atoms with Gasteiger partial charge in [-0.1, -0.05) is 41.1 Å². The molecule has 5 aromatic rings. The van der Waals surface area contributed by atoms with Crippen molar-refractivity contribution in [3.63, 3.8) is 0 Å². The summed E-state index contributed by atoms with van der Waals surface area (Å²) in [5.41, 5.74) is 5.30. The number of nitrogens with zero attached hydrogens (tertiary/aromatic N) is 5. The lowest BCUT2D eigenvalue weighted by Gasteiger charge is -2.36. The molecule has 0 saturated carbocycles. The van der Waals surface area contributed by atoms with Crippen LogP contribution in [0.2, 0.25) is 5.02 Å². The zero-order valence-electron chi connectivity index (χ0n) is 25.3. The van der Waals surface area contributed by atoms with Crippen LogP contribution in [0.3, 0.4) is 0 Å². The number of ether oxygens (including phenoxy) is 5. The van der Waals surface area contributed by atoms with Gasteiger partial charge in [0.1, 0.15) is 29.7 Å². The van der Waals surface area contributed by atoms with Crippen LogP contribution in [0, 0.1) is 6.92 Å². The number of rotatable bonds is 12. The summed E-state index contributed by atoms with van der Waals surface area (Å²) in [6.45, 7) is 3.36. The zero-order valence-corrected chi connectivity index (χ0v) is 26.1. The van der Waals surface area contributed by atoms with Gasteiger partial charge in [-0.3, -0.25) is 0 Å². The van der Waals surface area contributed by atoms with E-state index in [9.17, 15) is 0 Å². The summed E-state index contributed by atoms with van der Waals surface area (Å²) in [6, 6.07) is 22.7. The second-order valence-electron chi connectivity index (χ2n) is 10.7. The summed E-state index contributed by atoms with van der Waals surface area (Å²) in [7, 11) is 3.29. The van der Waals surface area contributed by atoms with Gasteiger partial charge in [0.15, 0.2) is 5.82 Å². The first-order chi connectivity index (χ1) is 22.0. The molecule has 0 bridgehead atoms. The normalized spacial score (nSPS) is 15.7. The fourth-order valence-corrected chi connectivity index (χ4v) is 5.37. The van der Waals surface area contributed by atoms with E-state index in [0.717, 1.165) is 45.1 Å². The van der Waals surface area contributed by atoms with Gasteiger partial charge in [0, 0.05) is 28.5 Å². The van der Waals surface area contributed by atoms with Crippen molar-refractivity contribution in [1.82, 2.24) is 25.0 Å². The molecule has 232 valence electrons. The minimum Gasteiger partial charge on any atom is -0.497 e. The van der Waals surface area contributed by atoms with Crippen LogP contribution in [0.4, 0.5) is 0 Å². The Morgan fingerprint density at radius 1 is 0.844 bits per heavy atom. The second-order valence-corrected chi connectivity index (χ2v) is 11.1. The topological polar surface area (TPSA) is 103 Å². The van der Waals surface area contributed by atoms with E-state index < -0.39 is 12.2 Å². The molecule has 0 radical (unpaired) electrons. The summed E-state index contributed by atoms with van der Waals surface area (Å²) in [4.78, 5) is 9.41. The Bertz CT molecular complexity index is 1680. The largest absolute Gasteiger partial charge is 0.497 e. The highest BCUT2D eigenvalue weighted by Gasteiger charge is 2.38. The molecule has 10 nitrogen and oxygen atoms in total. The Balaban J connectivity index is 1.36. The minimum atomic E-state index is -0.589. The lowest BCUT2D eigenvalue weighted by atomic mass is 9.99. The highest BCUT2D eigenvalue weighted by atomic mass is 35.5. The third-order valence-electron chi connectivity index (χ3n) is 7.80. The molecule has 1 aliphatic rings. The molecule has 0 aliphatic carbocycles. The number of aromatic nitrogens is 5. The van der Waals surface area contributed by atoms with Crippen molar-refractivity contribution in [2.45, 2.75) is 45.0 Å². The standard InChI is InChI=1S/C34H34ClN5O5/c1-22-30-20-43-21-31(40(30)39-38-22)33(45-19-24-6-14-29(42-3)15-7-24)32(44-18-23-4-12-28(41-2)13-5-23)26-16-36-34(37-17-26)25-8-10-27(35)11-9-25/h4-17,31-33H,18-21H2,1-3H3/t31-,32+,33-/m0/s1. The van der Waals surface area contributed by atoms with E-state index in [-0.39, 0.29) is 6.04 Å². The SMILES string of the molecule is COc1ccc(CO[C@H]([C@H](OCc2ccc(OC)cc2)c2cnc(-c3ccc(Cl)cc3)nc2)[C@@H]2COCc3c(C)nnn32)cc1. The van der Waals surface area contributed by atoms with Crippen LogP contribution in [0.5, 0.6) is 11.5 Å². The minimum absolute atomic E-state index is 0.312. The van der Waals surface area contributed by atoms with Crippen molar-refractivity contribution in [2.75, 3.05) is 20.8 Å². The summed E-state index contributed by atoms with van der Waals surface area (Å²) in [5, 5.41) is 9.48. The van der Waals surface area contributed by atoms with Crippen molar-refractivity contribution >= 4 is 11.6 Å². The maximum absolute atomic E-state index is 6.75. The molecular formula is C34H34ClN5O5. The highest BCUT2D eigenvalue weighted by Crippen LogP contribution is 2.35. The van der Waals surface area contributed by atoms with Crippen molar-refractivity contribution in [1.29, 1.82) is 0 Å². The molecule has 0 N–H and O–H groups in total. The third-order valence-corrected chi connectivity index (χ3v) is 8.05. The van der Waals surface area contributed by atoms with E-state index in [1.165, 1.54) is 0 Å². The van der Waals surface area contributed by atoms with E-state index in [0.29, 0.717) is 37.3 Å². The molecule has 3 aromatic carbocycles. The zero-order chi connectivity index (χ0) is 31.2. The van der Waals surface area contributed by atoms with E-state index in [1.54, 1.807) is 26.6 Å². The van der Waals surface area contributed by atoms with Crippen molar-refractivity contribution in [2.24, 2.45) is 0 Å². The Hall–Kier alpha value is -4.35. The first-order valence-corrected chi connectivity index (χ1v) is 15.0. The van der Waals surface area contributed by atoms with Gasteiger partial charge in [-0.2, -0.15) is 0 Å². The molecule has 6 rings (SSSR count). The number of benzene rings is 3. The van der Waals surface area contributed by atoms with Crippen molar-refractivity contribution < 1.29 is 23.7 Å². The Kier molecular flexibility index (Phi) is 9.66. The summed E-state index contributed by atoms with van der Waals surface area (Å²) in [6.07, 6.45) is 2.44. The average molecular weight is 628 g/mol. The van der Waals surface area contributed by atoms with Crippen LogP contribution in [0.25, 0.3) is 11.4 Å². The van der Waals surface area contributed by atoms with Crippen LogP contribution < -0.4 is 9.47 Å². The maximum atomic E-state index is 6.75. The van der Waals surface area contributed by atoms with Gasteiger partial charge in [-0.15, -0.1) is 5.10 Å². The fourth-order valence-electron chi connectivity index (χ4n) is 5.25. The van der Waals surface area contributed by atoms with E-state index >= 15 is 0 Å². The fraction of sp³-hybridized carbons (Fsp3) is 0.294. The molecule has 2 aromatic heterocycles. The maximum Gasteiger partial charge on any atom is 0.159 e. The Morgan fingerprint density at radius 3 is 2.04 bits per heavy atom. The lowest BCUT2D eigenvalue weighted by Crippen LogP contribution is -2.40. The molecule has 0 saturated heterocycles. The second kappa shape index (κ2) is 14.2. The van der Waals surface area contributed by atoms with E-state index in [2.05, 4.69) is 10.3 Å². The van der Waals surface area contributed by atoms with Crippen LogP contribution >= 0.6 is 11.6 Å². The summed E-state index contributed by atoms with van der Waals surface area (Å²) in [5.74, 6) is 2.13. The van der Waals surface area contributed by atoms with Crippen molar-refractivity contribution in [3.8, 4) is 22.9 Å². The molecule has 3 atom stereocenters. The smallest absolute Gasteiger partial charge is 0.159 e. The Labute approximate surface area is 266 Å². The molecule has 0 fully saturated rings. The van der Waals surface area contributed by atoms with Crippen LogP contribution in [-0.2, 0) is 34.0 Å². The predicted octanol–water partition coefficient (Wildman–Crippen LogP) is 6.33. The third kappa shape index (κ3) is 7.15. The van der Waals surface area contributed by atoms with Gasteiger partial charge in [-0.05, 0) is 66.6 Å². The number of methoxy groups -OCH3 is 2. The van der Waals surface area contributed by atoms with Gasteiger partial charge in [0.25, 0.3) is 0 Å². The molecule has 1 aliphatic heterocycles. The number of hydrogen-bond donors (Lipinski definition) is 0. The van der Waals surface area contributed by atoms with Gasteiger partial charge >= 0.3 is 0 Å². The quantitative estimate of drug-likeness (QED) is 0.157. The predicted molar refractivity (Wildman–Crippen MR) is 168 cm³/mol. The Morgan fingerprint density at radius 2 is 1.44 bits per heavy atom. The molecule has 3 heterocycles. The lowest BCUT2D eigenvalue weighted by molar-refractivity contribution is -0.130. The number of fused-ring (bicyclic) bond motifs is 1. The molecule has 0 spiro atoms. The van der Waals surface area contributed by atoms with Crippen LogP contribution in [-0.4, -0.2) is 51.9 Å². The molecule has 11 heteroatoms. The molecular weight excluding hydrogens is 594 g/mol. The van der Waals surface area contributed by atoms with E-state index in [1.807, 2.05) is 84.4 Å². The molecule has 0 amide bonds. The van der Waals surface area contributed by atoms with Crippen molar-refractivity contribution in [3.05, 3.63) is 118 Å². The molecule has 45 heavy (non-hydrogen) atoms. The van der Waals surface area contributed by atoms with Gasteiger partial charge in [-0.25, -0.2) is 14.6 Å². The number of aryl methyl sites for hydroxylation is 1. The van der Waals surface area contributed by atoms with Crippen LogP contribution in [0.15, 0.2) is 85.2 Å². The van der Waals surface area contributed by atoms with Gasteiger partial charge in [0.05, 0.1) is 52.0 Å². The first-order valence-electron chi connectivity index (χ1n) is 14.6.